The van der Waals surface area contributed by atoms with E-state index in [0.29, 0.717) is 0 Å². The van der Waals surface area contributed by atoms with Gasteiger partial charge >= 0.3 is 0 Å². The van der Waals surface area contributed by atoms with Gasteiger partial charge in [-0.05, 0) is 51.4 Å². The van der Waals surface area contributed by atoms with Crippen molar-refractivity contribution in [3.63, 3.8) is 0 Å². The molecule has 0 aromatic carbocycles. The molecule has 0 aromatic heterocycles. The molecule has 1 aliphatic rings. The fraction of sp³-hybridized carbons (Fsp3) is 1.00. The minimum atomic E-state index is 0.756. The third-order valence-electron chi connectivity index (χ3n) is 3.80. The molecular formula is C14H30N2. The molecule has 0 spiro atoms. The molecule has 0 bridgehead atoms. The maximum atomic E-state index is 3.64. The van der Waals surface area contributed by atoms with Gasteiger partial charge in [0.15, 0.2) is 0 Å². The minimum Gasteiger partial charge on any atom is -0.314 e. The highest BCUT2D eigenvalue weighted by Gasteiger charge is 2.22. The van der Waals surface area contributed by atoms with E-state index in [4.69, 9.17) is 0 Å². The zero-order valence-electron chi connectivity index (χ0n) is 11.5. The highest BCUT2D eigenvalue weighted by molar-refractivity contribution is 4.77. The van der Waals surface area contributed by atoms with Crippen LogP contribution in [0.4, 0.5) is 0 Å². The van der Waals surface area contributed by atoms with E-state index in [9.17, 15) is 0 Å². The zero-order valence-corrected chi connectivity index (χ0v) is 11.5. The second-order valence-corrected chi connectivity index (χ2v) is 5.09. The van der Waals surface area contributed by atoms with Gasteiger partial charge < -0.3 is 10.2 Å². The molecule has 2 heteroatoms. The Labute approximate surface area is 102 Å². The fourth-order valence-corrected chi connectivity index (χ4v) is 2.36. The summed E-state index contributed by atoms with van der Waals surface area (Å²) >= 11 is 0. The molecule has 1 unspecified atom stereocenters. The van der Waals surface area contributed by atoms with Crippen molar-refractivity contribution in [3.8, 4) is 0 Å². The Morgan fingerprint density at radius 2 is 1.81 bits per heavy atom. The van der Waals surface area contributed by atoms with Crippen molar-refractivity contribution in [2.24, 2.45) is 5.92 Å². The van der Waals surface area contributed by atoms with E-state index in [1.165, 1.54) is 51.7 Å². The Morgan fingerprint density at radius 3 is 2.31 bits per heavy atom. The molecule has 0 aliphatic heterocycles. The average Bonchev–Trinajstić information content (AvgIpc) is 3.11. The van der Waals surface area contributed by atoms with Gasteiger partial charge in [0, 0.05) is 6.04 Å². The maximum Gasteiger partial charge on any atom is 0.00792 e. The molecule has 1 atom stereocenters. The largest absolute Gasteiger partial charge is 0.314 e. The molecule has 1 N–H and O–H groups in total. The summed E-state index contributed by atoms with van der Waals surface area (Å²) in [5, 5.41) is 3.64. The summed E-state index contributed by atoms with van der Waals surface area (Å²) in [4.78, 5) is 2.53. The normalized spacial score (nSPS) is 18.0. The van der Waals surface area contributed by atoms with E-state index in [1.807, 2.05) is 0 Å². The molecule has 16 heavy (non-hydrogen) atoms. The summed E-state index contributed by atoms with van der Waals surface area (Å²) in [6.07, 6.45) is 7.15. The second-order valence-electron chi connectivity index (χ2n) is 5.09. The van der Waals surface area contributed by atoms with Crippen molar-refractivity contribution in [2.75, 3.05) is 26.2 Å². The molecule has 1 rings (SSSR count). The third-order valence-corrected chi connectivity index (χ3v) is 3.80. The van der Waals surface area contributed by atoms with Crippen LogP contribution in [0.15, 0.2) is 0 Å². The summed E-state index contributed by atoms with van der Waals surface area (Å²) in [5.74, 6) is 1.08. The number of nitrogens with zero attached hydrogens (tertiary/aromatic N) is 1. The van der Waals surface area contributed by atoms with Gasteiger partial charge in [0.25, 0.3) is 0 Å². The van der Waals surface area contributed by atoms with Crippen molar-refractivity contribution >= 4 is 0 Å². The molecule has 1 aliphatic carbocycles. The molecule has 0 saturated heterocycles. The fourth-order valence-electron chi connectivity index (χ4n) is 2.36. The standard InChI is InChI=1S/C14H30N2/c1-4-15-14(10-9-13-7-8-13)11-12-16(5-2)6-3/h13-15H,4-12H2,1-3H3. The quantitative estimate of drug-likeness (QED) is 0.616. The van der Waals surface area contributed by atoms with Gasteiger partial charge in [0.05, 0.1) is 0 Å². The Balaban J connectivity index is 2.14. The van der Waals surface area contributed by atoms with Crippen molar-refractivity contribution in [1.82, 2.24) is 10.2 Å². The first kappa shape index (κ1) is 14.0. The minimum absolute atomic E-state index is 0.756. The zero-order chi connectivity index (χ0) is 11.8. The van der Waals surface area contributed by atoms with Gasteiger partial charge in [-0.2, -0.15) is 0 Å². The highest BCUT2D eigenvalue weighted by atomic mass is 15.1. The lowest BCUT2D eigenvalue weighted by Crippen LogP contribution is -2.34. The Kier molecular flexibility index (Phi) is 7.06. The first-order valence-electron chi connectivity index (χ1n) is 7.25. The predicted molar refractivity (Wildman–Crippen MR) is 71.8 cm³/mol. The lowest BCUT2D eigenvalue weighted by atomic mass is 10.1. The summed E-state index contributed by atoms with van der Waals surface area (Å²) in [6.45, 7) is 11.5. The highest BCUT2D eigenvalue weighted by Crippen LogP contribution is 2.34. The van der Waals surface area contributed by atoms with Gasteiger partial charge in [-0.3, -0.25) is 0 Å². The first-order chi connectivity index (χ1) is 7.80. The van der Waals surface area contributed by atoms with Crippen LogP contribution in [0.2, 0.25) is 0 Å². The SMILES string of the molecule is CCNC(CCC1CC1)CCN(CC)CC. The van der Waals surface area contributed by atoms with Crippen molar-refractivity contribution < 1.29 is 0 Å². The maximum absolute atomic E-state index is 3.64. The van der Waals surface area contributed by atoms with E-state index >= 15 is 0 Å². The third kappa shape index (κ3) is 5.86. The van der Waals surface area contributed by atoms with Crippen molar-refractivity contribution in [2.45, 2.75) is 58.9 Å². The number of rotatable bonds is 10. The van der Waals surface area contributed by atoms with Gasteiger partial charge in [0.2, 0.25) is 0 Å². The van der Waals surface area contributed by atoms with Crippen molar-refractivity contribution in [1.29, 1.82) is 0 Å². The molecule has 96 valence electrons. The first-order valence-corrected chi connectivity index (χ1v) is 7.25. The van der Waals surface area contributed by atoms with Crippen LogP contribution in [0.5, 0.6) is 0 Å². The summed E-state index contributed by atoms with van der Waals surface area (Å²) in [7, 11) is 0. The van der Waals surface area contributed by atoms with E-state index in [1.54, 1.807) is 0 Å². The van der Waals surface area contributed by atoms with Crippen LogP contribution in [-0.2, 0) is 0 Å². The topological polar surface area (TPSA) is 15.3 Å². The van der Waals surface area contributed by atoms with Gasteiger partial charge in [-0.1, -0.05) is 33.6 Å². The predicted octanol–water partition coefficient (Wildman–Crippen LogP) is 2.89. The molecule has 0 radical (unpaired) electrons. The number of hydrogen-bond acceptors (Lipinski definition) is 2. The van der Waals surface area contributed by atoms with Crippen LogP contribution >= 0.6 is 0 Å². The lowest BCUT2D eigenvalue weighted by Gasteiger charge is -2.23. The molecule has 0 amide bonds. The van der Waals surface area contributed by atoms with Crippen LogP contribution < -0.4 is 5.32 Å². The molecule has 1 fully saturated rings. The molecule has 0 heterocycles. The second kappa shape index (κ2) is 8.08. The van der Waals surface area contributed by atoms with Crippen LogP contribution in [0.3, 0.4) is 0 Å². The van der Waals surface area contributed by atoms with E-state index in [-0.39, 0.29) is 0 Å². The molecule has 1 saturated carbocycles. The summed E-state index contributed by atoms with van der Waals surface area (Å²) in [6, 6.07) is 0.756. The van der Waals surface area contributed by atoms with E-state index in [2.05, 4.69) is 31.0 Å². The van der Waals surface area contributed by atoms with Crippen LogP contribution in [0.25, 0.3) is 0 Å². The molecule has 0 aromatic rings. The van der Waals surface area contributed by atoms with Crippen LogP contribution in [-0.4, -0.2) is 37.1 Å². The van der Waals surface area contributed by atoms with Gasteiger partial charge in [-0.15, -0.1) is 0 Å². The number of hydrogen-bond donors (Lipinski definition) is 1. The molecule has 2 nitrogen and oxygen atoms in total. The summed E-state index contributed by atoms with van der Waals surface area (Å²) < 4.78 is 0. The lowest BCUT2D eigenvalue weighted by molar-refractivity contribution is 0.276. The average molecular weight is 226 g/mol. The monoisotopic (exact) mass is 226 g/mol. The Bertz CT molecular complexity index is 162. The summed E-state index contributed by atoms with van der Waals surface area (Å²) in [5.41, 5.74) is 0. The smallest absolute Gasteiger partial charge is 0.00792 e. The van der Waals surface area contributed by atoms with E-state index < -0.39 is 0 Å². The van der Waals surface area contributed by atoms with Gasteiger partial charge in [0.1, 0.15) is 0 Å². The van der Waals surface area contributed by atoms with Gasteiger partial charge in [-0.25, -0.2) is 0 Å². The molecular weight excluding hydrogens is 196 g/mol. The van der Waals surface area contributed by atoms with Crippen LogP contribution in [0, 0.1) is 5.92 Å². The van der Waals surface area contributed by atoms with Crippen LogP contribution in [0.1, 0.15) is 52.9 Å². The number of nitrogens with one attached hydrogen (secondary N) is 1. The van der Waals surface area contributed by atoms with E-state index in [0.717, 1.165) is 18.5 Å². The van der Waals surface area contributed by atoms with Crippen molar-refractivity contribution in [3.05, 3.63) is 0 Å². The Morgan fingerprint density at radius 1 is 1.12 bits per heavy atom. The Hall–Kier alpha value is -0.0800.